The van der Waals surface area contributed by atoms with Crippen molar-refractivity contribution in [3.8, 4) is 0 Å². The van der Waals surface area contributed by atoms with Gasteiger partial charge in [0, 0.05) is 17.8 Å². The number of carbonyl (C=O) groups is 2. The van der Waals surface area contributed by atoms with Crippen molar-refractivity contribution in [1.29, 1.82) is 0 Å². The van der Waals surface area contributed by atoms with Crippen LogP contribution >= 0.6 is 11.3 Å². The molecule has 2 aromatic heterocycles. The molecular formula is C16H17NO4S. The van der Waals surface area contributed by atoms with Gasteiger partial charge < -0.3 is 14.4 Å². The fraction of sp³-hybridized carbons (Fsp3) is 0.375. The van der Waals surface area contributed by atoms with E-state index >= 15 is 0 Å². The molecule has 1 saturated heterocycles. The van der Waals surface area contributed by atoms with E-state index < -0.39 is 17.9 Å². The van der Waals surface area contributed by atoms with Gasteiger partial charge in [0.25, 0.3) is 0 Å². The van der Waals surface area contributed by atoms with E-state index in [2.05, 4.69) is 0 Å². The van der Waals surface area contributed by atoms with Crippen LogP contribution in [0.4, 0.5) is 0 Å². The van der Waals surface area contributed by atoms with E-state index in [-0.39, 0.29) is 12.3 Å². The summed E-state index contributed by atoms with van der Waals surface area (Å²) in [5.41, 5.74) is 0. The van der Waals surface area contributed by atoms with Gasteiger partial charge in [0.2, 0.25) is 5.91 Å². The molecule has 3 rings (SSSR count). The highest BCUT2D eigenvalue weighted by molar-refractivity contribution is 7.09. The van der Waals surface area contributed by atoms with E-state index in [0.717, 1.165) is 12.2 Å². The Morgan fingerprint density at radius 3 is 2.86 bits per heavy atom. The third-order valence-electron chi connectivity index (χ3n) is 3.98. The van der Waals surface area contributed by atoms with Gasteiger partial charge in [-0.05, 0) is 36.9 Å². The van der Waals surface area contributed by atoms with Crippen LogP contribution in [-0.4, -0.2) is 28.4 Å². The molecule has 2 unspecified atom stereocenters. The van der Waals surface area contributed by atoms with Crippen LogP contribution in [0.1, 0.15) is 28.9 Å². The minimum absolute atomic E-state index is 0.0319. The second kappa shape index (κ2) is 5.96. The first-order valence-electron chi connectivity index (χ1n) is 7.17. The molecule has 0 spiro atoms. The zero-order valence-corrected chi connectivity index (χ0v) is 13.0. The second-order valence-electron chi connectivity index (χ2n) is 5.46. The summed E-state index contributed by atoms with van der Waals surface area (Å²) in [6, 6.07) is 7.05. The van der Waals surface area contributed by atoms with Gasteiger partial charge in [-0.2, -0.15) is 0 Å². The average molecular weight is 319 g/mol. The largest absolute Gasteiger partial charge is 0.481 e. The van der Waals surface area contributed by atoms with Gasteiger partial charge in [0.1, 0.15) is 17.6 Å². The van der Waals surface area contributed by atoms with Crippen LogP contribution in [0.5, 0.6) is 0 Å². The number of aryl methyl sites for hydroxylation is 1. The molecule has 1 aliphatic heterocycles. The summed E-state index contributed by atoms with van der Waals surface area (Å²) in [4.78, 5) is 26.6. The average Bonchev–Trinajstić information content (AvgIpc) is 3.17. The molecule has 0 aromatic carbocycles. The second-order valence-corrected chi connectivity index (χ2v) is 6.49. The SMILES string of the molecule is Cc1ccc(C2C(C(=O)O)CC(=O)N2CCc2cccs2)o1. The van der Waals surface area contributed by atoms with Gasteiger partial charge in [-0.25, -0.2) is 0 Å². The lowest BCUT2D eigenvalue weighted by atomic mass is 9.98. The van der Waals surface area contributed by atoms with Gasteiger partial charge >= 0.3 is 5.97 Å². The van der Waals surface area contributed by atoms with Crippen LogP contribution in [0, 0.1) is 12.8 Å². The predicted molar refractivity (Wildman–Crippen MR) is 81.7 cm³/mol. The number of aliphatic carboxylic acids is 1. The number of thiophene rings is 1. The zero-order valence-electron chi connectivity index (χ0n) is 12.2. The van der Waals surface area contributed by atoms with Crippen molar-refractivity contribution >= 4 is 23.2 Å². The molecule has 1 aliphatic rings. The smallest absolute Gasteiger partial charge is 0.309 e. The van der Waals surface area contributed by atoms with Crippen LogP contribution in [0.3, 0.4) is 0 Å². The fourth-order valence-corrected chi connectivity index (χ4v) is 3.62. The highest BCUT2D eigenvalue weighted by atomic mass is 32.1. The summed E-state index contributed by atoms with van der Waals surface area (Å²) < 4.78 is 5.61. The van der Waals surface area contributed by atoms with Crippen molar-refractivity contribution < 1.29 is 19.1 Å². The number of carboxylic acid groups (broad SMARTS) is 1. The first-order valence-corrected chi connectivity index (χ1v) is 8.05. The summed E-state index contributed by atoms with van der Waals surface area (Å²) in [5, 5.41) is 11.4. The van der Waals surface area contributed by atoms with E-state index in [4.69, 9.17) is 4.42 Å². The van der Waals surface area contributed by atoms with Gasteiger partial charge in [0.15, 0.2) is 0 Å². The number of carboxylic acids is 1. The van der Waals surface area contributed by atoms with E-state index in [1.165, 1.54) is 4.88 Å². The van der Waals surface area contributed by atoms with Crippen LogP contribution in [0.15, 0.2) is 34.1 Å². The summed E-state index contributed by atoms with van der Waals surface area (Å²) in [6.45, 7) is 2.32. The van der Waals surface area contributed by atoms with E-state index in [1.807, 2.05) is 24.4 Å². The number of hydrogen-bond donors (Lipinski definition) is 1. The van der Waals surface area contributed by atoms with E-state index in [0.29, 0.717) is 12.3 Å². The Labute approximate surface area is 132 Å². The predicted octanol–water partition coefficient (Wildman–Crippen LogP) is 2.87. The van der Waals surface area contributed by atoms with Crippen LogP contribution in [0.25, 0.3) is 0 Å². The minimum Gasteiger partial charge on any atom is -0.481 e. The van der Waals surface area contributed by atoms with Crippen molar-refractivity contribution in [2.75, 3.05) is 6.54 Å². The molecule has 0 aliphatic carbocycles. The number of likely N-dealkylation sites (tertiary alicyclic amines) is 1. The quantitative estimate of drug-likeness (QED) is 0.920. The standard InChI is InChI=1S/C16H17NO4S/c1-10-4-5-13(21-10)15-12(16(19)20)9-14(18)17(15)7-6-11-3-2-8-22-11/h2-5,8,12,15H,6-7,9H2,1H3,(H,19,20). The van der Waals surface area contributed by atoms with Crippen molar-refractivity contribution in [3.05, 3.63) is 46.0 Å². The summed E-state index contributed by atoms with van der Waals surface area (Å²) in [6.07, 6.45) is 0.760. The maximum absolute atomic E-state index is 12.3. The maximum atomic E-state index is 12.3. The monoisotopic (exact) mass is 319 g/mol. The number of hydrogen-bond acceptors (Lipinski definition) is 4. The zero-order chi connectivity index (χ0) is 15.7. The molecule has 5 nitrogen and oxygen atoms in total. The third-order valence-corrected chi connectivity index (χ3v) is 4.92. The van der Waals surface area contributed by atoms with E-state index in [1.54, 1.807) is 28.4 Å². The van der Waals surface area contributed by atoms with Crippen LogP contribution in [-0.2, 0) is 16.0 Å². The fourth-order valence-electron chi connectivity index (χ4n) is 2.93. The summed E-state index contributed by atoms with van der Waals surface area (Å²) >= 11 is 1.64. The maximum Gasteiger partial charge on any atom is 0.309 e. The lowest BCUT2D eigenvalue weighted by molar-refractivity contribution is -0.142. The Morgan fingerprint density at radius 2 is 2.27 bits per heavy atom. The number of rotatable bonds is 5. The Hall–Kier alpha value is -2.08. The minimum atomic E-state index is -0.953. The first kappa shape index (κ1) is 14.8. The van der Waals surface area contributed by atoms with Crippen molar-refractivity contribution in [3.63, 3.8) is 0 Å². The topological polar surface area (TPSA) is 70.8 Å². The molecule has 2 atom stereocenters. The molecule has 1 N–H and O–H groups in total. The van der Waals surface area contributed by atoms with Gasteiger partial charge in [0.05, 0.1) is 5.92 Å². The third kappa shape index (κ3) is 2.78. The molecule has 1 fully saturated rings. The first-order chi connectivity index (χ1) is 10.6. The molecule has 22 heavy (non-hydrogen) atoms. The van der Waals surface area contributed by atoms with E-state index in [9.17, 15) is 14.7 Å². The summed E-state index contributed by atoms with van der Waals surface area (Å²) in [7, 11) is 0. The van der Waals surface area contributed by atoms with Gasteiger partial charge in [-0.1, -0.05) is 6.07 Å². The molecule has 1 amide bonds. The summed E-state index contributed by atoms with van der Waals surface area (Å²) in [5.74, 6) is -0.547. The molecule has 3 heterocycles. The molecule has 0 radical (unpaired) electrons. The number of nitrogens with zero attached hydrogens (tertiary/aromatic N) is 1. The number of furan rings is 1. The highest BCUT2D eigenvalue weighted by Crippen LogP contribution is 2.39. The van der Waals surface area contributed by atoms with Crippen LogP contribution < -0.4 is 0 Å². The van der Waals surface area contributed by atoms with Gasteiger partial charge in [-0.3, -0.25) is 9.59 Å². The van der Waals surface area contributed by atoms with Gasteiger partial charge in [-0.15, -0.1) is 11.3 Å². The highest BCUT2D eigenvalue weighted by Gasteiger charge is 2.45. The molecule has 2 aromatic rings. The number of amides is 1. The molecule has 0 bridgehead atoms. The van der Waals surface area contributed by atoms with Crippen molar-refractivity contribution in [2.45, 2.75) is 25.8 Å². The lowest BCUT2D eigenvalue weighted by Crippen LogP contribution is -2.32. The molecule has 6 heteroatoms. The number of carbonyl (C=O) groups excluding carboxylic acids is 1. The van der Waals surface area contributed by atoms with Crippen LogP contribution in [0.2, 0.25) is 0 Å². The molecule has 116 valence electrons. The van der Waals surface area contributed by atoms with Crippen molar-refractivity contribution in [2.24, 2.45) is 5.92 Å². The Bertz CT molecular complexity index is 676. The molecular weight excluding hydrogens is 302 g/mol. The Kier molecular flexibility index (Phi) is 4.02. The molecule has 0 saturated carbocycles. The normalized spacial score (nSPS) is 21.5. The Balaban J connectivity index is 1.84. The van der Waals surface area contributed by atoms with Crippen molar-refractivity contribution in [1.82, 2.24) is 4.90 Å². The lowest BCUT2D eigenvalue weighted by Gasteiger charge is -2.25. The Morgan fingerprint density at radius 1 is 1.45 bits per heavy atom.